The monoisotopic (exact) mass is 353 g/mol. The van der Waals surface area contributed by atoms with Crippen LogP contribution in [0.15, 0.2) is 23.4 Å². The summed E-state index contributed by atoms with van der Waals surface area (Å²) in [6, 6.07) is 1.15. The molecule has 2 aliphatic carbocycles. The van der Waals surface area contributed by atoms with E-state index in [1.165, 1.54) is 25.5 Å². The van der Waals surface area contributed by atoms with Crippen molar-refractivity contribution >= 4 is 21.7 Å². The van der Waals surface area contributed by atoms with E-state index in [2.05, 4.69) is 20.3 Å². The van der Waals surface area contributed by atoms with Crippen LogP contribution in [0.2, 0.25) is 0 Å². The van der Waals surface area contributed by atoms with E-state index in [1.54, 1.807) is 26.1 Å². The molecule has 2 aliphatic rings. The smallest absolute Gasteiger partial charge is 0.328 e. The Kier molecular flexibility index (Phi) is 4.67. The Labute approximate surface area is 142 Å². The number of aromatic amines is 1. The van der Waals surface area contributed by atoms with Gasteiger partial charge in [-0.3, -0.25) is 0 Å². The van der Waals surface area contributed by atoms with Crippen molar-refractivity contribution in [2.75, 3.05) is 5.32 Å². The maximum Gasteiger partial charge on any atom is 0.328 e. The Hall–Kier alpha value is -1.83. The van der Waals surface area contributed by atoms with Gasteiger partial charge in [-0.25, -0.2) is 22.9 Å². The van der Waals surface area contributed by atoms with Gasteiger partial charge in [-0.2, -0.15) is 0 Å². The number of hydrogen-bond acceptors (Lipinski definition) is 4. The first-order valence-corrected chi connectivity index (χ1v) is 9.93. The highest BCUT2D eigenvalue weighted by atomic mass is 32.2. The van der Waals surface area contributed by atoms with Crippen molar-refractivity contribution in [2.24, 2.45) is 11.8 Å². The average molecular weight is 353 g/mol. The van der Waals surface area contributed by atoms with E-state index in [0.29, 0.717) is 17.6 Å². The van der Waals surface area contributed by atoms with Gasteiger partial charge in [0.05, 0.1) is 5.69 Å². The number of urea groups is 1. The first kappa shape index (κ1) is 17.0. The van der Waals surface area contributed by atoms with Crippen molar-refractivity contribution in [1.29, 1.82) is 0 Å². The number of aromatic nitrogens is 1. The van der Waals surface area contributed by atoms with E-state index >= 15 is 0 Å². The standard InChI is InChI=1S/C16H24N4O3S/c1-10(2)18-16(21)20-24(22,23)15-9-17-6-5-13(15)19-14-8-11-3-4-12(14)7-11/h5-6,9-12,14H,3-4,7-8H2,1-2H3,(H,17,19)(H2,18,20,21)/p+1/t11-,12+,14+/m0/s1. The van der Waals surface area contributed by atoms with Gasteiger partial charge in [0.25, 0.3) is 10.0 Å². The second kappa shape index (κ2) is 6.58. The molecule has 1 aromatic rings. The Morgan fingerprint density at radius 2 is 2.08 bits per heavy atom. The number of fused-ring (bicyclic) bond motifs is 2. The third kappa shape index (κ3) is 3.63. The van der Waals surface area contributed by atoms with Crippen LogP contribution in [0.1, 0.15) is 39.5 Å². The van der Waals surface area contributed by atoms with Crippen molar-refractivity contribution in [1.82, 2.24) is 10.0 Å². The minimum atomic E-state index is -3.95. The Balaban J connectivity index is 1.77. The van der Waals surface area contributed by atoms with Crippen LogP contribution in [0.4, 0.5) is 10.5 Å². The predicted molar refractivity (Wildman–Crippen MR) is 89.8 cm³/mol. The Morgan fingerprint density at radius 3 is 2.71 bits per heavy atom. The predicted octanol–water partition coefficient (Wildman–Crippen LogP) is 1.50. The van der Waals surface area contributed by atoms with Gasteiger partial charge in [0.2, 0.25) is 0 Å². The molecule has 8 heteroatoms. The lowest BCUT2D eigenvalue weighted by Crippen LogP contribution is -2.42. The van der Waals surface area contributed by atoms with Gasteiger partial charge in [0.15, 0.2) is 17.3 Å². The van der Waals surface area contributed by atoms with Crippen LogP contribution in [-0.4, -0.2) is 26.5 Å². The molecule has 2 saturated carbocycles. The van der Waals surface area contributed by atoms with E-state index in [1.807, 2.05) is 0 Å². The summed E-state index contributed by atoms with van der Waals surface area (Å²) in [5.74, 6) is 1.38. The summed E-state index contributed by atoms with van der Waals surface area (Å²) in [5.41, 5.74) is 0.538. The lowest BCUT2D eigenvalue weighted by Gasteiger charge is -2.24. The van der Waals surface area contributed by atoms with Gasteiger partial charge in [0.1, 0.15) is 0 Å². The molecule has 2 amide bonds. The number of amides is 2. The number of carbonyl (C=O) groups excluding carboxylic acids is 1. The summed E-state index contributed by atoms with van der Waals surface area (Å²) >= 11 is 0. The number of anilines is 1. The molecule has 0 aromatic carbocycles. The van der Waals surface area contributed by atoms with E-state index in [0.717, 1.165) is 12.3 Å². The second-order valence-electron chi connectivity index (χ2n) is 7.08. The molecule has 7 nitrogen and oxygen atoms in total. The van der Waals surface area contributed by atoms with Crippen molar-refractivity contribution in [3.05, 3.63) is 18.5 Å². The average Bonchev–Trinajstić information content (AvgIpc) is 3.08. The molecule has 1 aromatic heterocycles. The molecule has 3 rings (SSSR count). The van der Waals surface area contributed by atoms with Crippen LogP contribution in [0.25, 0.3) is 0 Å². The van der Waals surface area contributed by atoms with Gasteiger partial charge >= 0.3 is 6.03 Å². The van der Waals surface area contributed by atoms with Crippen LogP contribution in [0.5, 0.6) is 0 Å². The molecule has 4 N–H and O–H groups in total. The normalized spacial score (nSPS) is 25.7. The van der Waals surface area contributed by atoms with Crippen LogP contribution in [-0.2, 0) is 10.0 Å². The maximum absolute atomic E-state index is 12.5. The molecular weight excluding hydrogens is 328 g/mol. The first-order chi connectivity index (χ1) is 11.3. The molecule has 24 heavy (non-hydrogen) atoms. The number of nitrogens with one attached hydrogen (secondary N) is 4. The SMILES string of the molecule is CC(C)NC(=O)NS(=O)(=O)c1c[nH+]ccc1N[C@@H]1C[C@H]2CC[C@@H]1C2. The second-order valence-corrected chi connectivity index (χ2v) is 8.73. The molecule has 2 fully saturated rings. The van der Waals surface area contributed by atoms with Gasteiger partial charge in [-0.05, 0) is 44.9 Å². The van der Waals surface area contributed by atoms with Crippen LogP contribution < -0.4 is 20.3 Å². The lowest BCUT2D eigenvalue weighted by molar-refractivity contribution is -0.380. The molecule has 2 bridgehead atoms. The van der Waals surface area contributed by atoms with Crippen molar-refractivity contribution < 1.29 is 18.2 Å². The van der Waals surface area contributed by atoms with Crippen LogP contribution >= 0.6 is 0 Å². The molecule has 0 spiro atoms. The fourth-order valence-electron chi connectivity index (χ4n) is 3.85. The number of hydrogen-bond donors (Lipinski definition) is 3. The summed E-state index contributed by atoms with van der Waals surface area (Å²) in [4.78, 5) is 14.6. The van der Waals surface area contributed by atoms with E-state index in [4.69, 9.17) is 0 Å². The number of H-pyrrole nitrogens is 1. The summed E-state index contributed by atoms with van der Waals surface area (Å²) in [6.07, 6.45) is 7.90. The fourth-order valence-corrected chi connectivity index (χ4v) is 4.90. The van der Waals surface area contributed by atoms with Crippen LogP contribution in [0.3, 0.4) is 0 Å². The summed E-state index contributed by atoms with van der Waals surface area (Å²) in [7, 11) is -3.95. The van der Waals surface area contributed by atoms with Crippen molar-refractivity contribution in [3.63, 3.8) is 0 Å². The molecule has 0 aliphatic heterocycles. The molecule has 3 atom stereocenters. The molecule has 1 heterocycles. The van der Waals surface area contributed by atoms with E-state index in [-0.39, 0.29) is 10.9 Å². The topological polar surface area (TPSA) is 101 Å². The van der Waals surface area contributed by atoms with Gasteiger partial charge < -0.3 is 10.6 Å². The molecule has 0 saturated heterocycles. The van der Waals surface area contributed by atoms with Gasteiger partial charge in [-0.15, -0.1) is 0 Å². The molecule has 0 unspecified atom stereocenters. The third-order valence-electron chi connectivity index (χ3n) is 4.84. The first-order valence-electron chi connectivity index (χ1n) is 8.45. The maximum atomic E-state index is 12.5. The highest BCUT2D eigenvalue weighted by Crippen LogP contribution is 2.45. The van der Waals surface area contributed by atoms with Crippen molar-refractivity contribution in [2.45, 2.75) is 56.5 Å². The molecule has 132 valence electrons. The number of pyridine rings is 1. The minimum Gasteiger partial charge on any atom is -0.381 e. The third-order valence-corrected chi connectivity index (χ3v) is 6.21. The summed E-state index contributed by atoms with van der Waals surface area (Å²) in [5, 5.41) is 5.91. The number of carbonyl (C=O) groups is 1. The van der Waals surface area contributed by atoms with Gasteiger partial charge in [-0.1, -0.05) is 6.42 Å². The Bertz CT molecular complexity index is 720. The summed E-state index contributed by atoms with van der Waals surface area (Å²) < 4.78 is 27.2. The quantitative estimate of drug-likeness (QED) is 0.746. The zero-order valence-electron chi connectivity index (χ0n) is 14.0. The zero-order chi connectivity index (χ0) is 17.3. The molecular formula is C16H25N4O3S+. The van der Waals surface area contributed by atoms with Crippen molar-refractivity contribution in [3.8, 4) is 0 Å². The lowest BCUT2D eigenvalue weighted by atomic mass is 9.95. The van der Waals surface area contributed by atoms with Gasteiger partial charge in [0, 0.05) is 18.2 Å². The van der Waals surface area contributed by atoms with E-state index in [9.17, 15) is 13.2 Å². The highest BCUT2D eigenvalue weighted by molar-refractivity contribution is 7.90. The highest BCUT2D eigenvalue weighted by Gasteiger charge is 2.40. The van der Waals surface area contributed by atoms with Crippen LogP contribution in [0, 0.1) is 11.8 Å². The zero-order valence-corrected chi connectivity index (χ0v) is 14.8. The largest absolute Gasteiger partial charge is 0.381 e. The molecule has 0 radical (unpaired) electrons. The summed E-state index contributed by atoms with van der Waals surface area (Å²) in [6.45, 7) is 3.54. The number of rotatable bonds is 5. The van der Waals surface area contributed by atoms with E-state index < -0.39 is 16.1 Å². The Morgan fingerprint density at radius 1 is 1.29 bits per heavy atom. The number of sulfonamides is 1. The minimum absolute atomic E-state index is 0.0617. The fraction of sp³-hybridized carbons (Fsp3) is 0.625.